The minimum Gasteiger partial charge on any atom is -0.495 e. The number of aromatic nitrogens is 2. The van der Waals surface area contributed by atoms with Gasteiger partial charge >= 0.3 is 0 Å². The number of ether oxygens (including phenoxy) is 1. The van der Waals surface area contributed by atoms with Gasteiger partial charge in [-0.15, -0.1) is 0 Å². The molecular formula is C23H36N6OS. The van der Waals surface area contributed by atoms with Gasteiger partial charge in [0, 0.05) is 93.7 Å². The molecule has 31 heavy (non-hydrogen) atoms. The molecule has 1 aromatic carbocycles. The van der Waals surface area contributed by atoms with Crippen LogP contribution in [-0.4, -0.2) is 90.6 Å². The van der Waals surface area contributed by atoms with Crippen LogP contribution in [0.3, 0.4) is 0 Å². The number of anilines is 2. The molecule has 4 rings (SSSR count). The highest BCUT2D eigenvalue weighted by atomic mass is 32.2. The molecule has 2 aliphatic heterocycles. The summed E-state index contributed by atoms with van der Waals surface area (Å²) in [6.45, 7) is 8.16. The molecule has 0 amide bonds. The molecule has 0 radical (unpaired) electrons. The first-order valence-corrected chi connectivity index (χ1v) is 12.6. The fourth-order valence-corrected chi connectivity index (χ4v) is 5.30. The number of aryl methyl sites for hydroxylation is 1. The van der Waals surface area contributed by atoms with Gasteiger partial charge in [0.15, 0.2) is 0 Å². The maximum atomic E-state index is 6.25. The summed E-state index contributed by atoms with van der Waals surface area (Å²) < 4.78 is 7.38. The summed E-state index contributed by atoms with van der Waals surface area (Å²) >= 11 is 1.94. The number of methoxy groups -OCH3 is 1. The molecule has 0 saturated carbocycles. The molecule has 2 fully saturated rings. The van der Waals surface area contributed by atoms with E-state index in [1.165, 1.54) is 57.0 Å². The van der Waals surface area contributed by atoms with Crippen molar-refractivity contribution in [1.82, 2.24) is 19.6 Å². The van der Waals surface area contributed by atoms with Gasteiger partial charge in [0.1, 0.15) is 5.75 Å². The van der Waals surface area contributed by atoms with Gasteiger partial charge in [-0.1, -0.05) is 0 Å². The first-order chi connectivity index (χ1) is 15.1. The summed E-state index contributed by atoms with van der Waals surface area (Å²) in [4.78, 5) is 7.83. The summed E-state index contributed by atoms with van der Waals surface area (Å²) in [6.07, 6.45) is 8.55. The number of piperazine rings is 1. The third-order valence-corrected chi connectivity index (χ3v) is 7.29. The van der Waals surface area contributed by atoms with Crippen molar-refractivity contribution in [2.75, 3.05) is 75.6 Å². The second-order valence-corrected chi connectivity index (χ2v) is 9.59. The molecule has 2 aliphatic rings. The van der Waals surface area contributed by atoms with Crippen LogP contribution in [0.25, 0.3) is 11.1 Å². The minimum absolute atomic E-state index is 0.666. The van der Waals surface area contributed by atoms with Crippen molar-refractivity contribution in [2.45, 2.75) is 18.9 Å². The fraction of sp³-hybridized carbons (Fsp3) is 0.609. The van der Waals surface area contributed by atoms with Crippen molar-refractivity contribution >= 4 is 23.1 Å². The quantitative estimate of drug-likeness (QED) is 0.659. The predicted molar refractivity (Wildman–Crippen MR) is 131 cm³/mol. The van der Waals surface area contributed by atoms with E-state index in [1.54, 1.807) is 7.11 Å². The van der Waals surface area contributed by atoms with E-state index in [2.05, 4.69) is 32.1 Å². The van der Waals surface area contributed by atoms with Crippen LogP contribution in [0.1, 0.15) is 12.8 Å². The summed E-state index contributed by atoms with van der Waals surface area (Å²) in [5.74, 6) is 1.98. The van der Waals surface area contributed by atoms with Crippen LogP contribution in [0, 0.1) is 0 Å². The maximum Gasteiger partial charge on any atom is 0.143 e. The molecule has 0 unspecified atom stereocenters. The molecule has 2 saturated heterocycles. The van der Waals surface area contributed by atoms with Crippen LogP contribution in [-0.2, 0) is 7.05 Å². The fourth-order valence-electron chi connectivity index (χ4n) is 4.86. The standard InChI is InChI=1S/C23H36N6OS/c1-26-17-18(16-25-26)20-14-21(24)23(30-2)15-22(20)29-6-4-19(5-7-29)28-10-8-27(9-11-28)12-13-31-3/h14-17,19H,4-13,24H2,1-3H3. The lowest BCUT2D eigenvalue weighted by Crippen LogP contribution is -2.53. The Morgan fingerprint density at radius 3 is 2.48 bits per heavy atom. The van der Waals surface area contributed by atoms with Crippen LogP contribution in [0.15, 0.2) is 24.5 Å². The lowest BCUT2D eigenvalue weighted by atomic mass is 9.98. The number of hydrogen-bond donors (Lipinski definition) is 1. The van der Waals surface area contributed by atoms with E-state index in [0.29, 0.717) is 11.7 Å². The Labute approximate surface area is 190 Å². The van der Waals surface area contributed by atoms with Crippen molar-refractivity contribution in [2.24, 2.45) is 7.05 Å². The molecule has 170 valence electrons. The van der Waals surface area contributed by atoms with Crippen LogP contribution in [0.2, 0.25) is 0 Å². The lowest BCUT2D eigenvalue weighted by molar-refractivity contribution is 0.0884. The highest BCUT2D eigenvalue weighted by molar-refractivity contribution is 7.98. The van der Waals surface area contributed by atoms with Crippen molar-refractivity contribution < 1.29 is 4.74 Å². The predicted octanol–water partition coefficient (Wildman–Crippen LogP) is 2.63. The molecular weight excluding hydrogens is 408 g/mol. The minimum atomic E-state index is 0.666. The number of benzene rings is 1. The van der Waals surface area contributed by atoms with Crippen molar-refractivity contribution in [3.8, 4) is 16.9 Å². The van der Waals surface area contributed by atoms with Gasteiger partial charge in [0.25, 0.3) is 0 Å². The van der Waals surface area contributed by atoms with Crippen LogP contribution in [0.5, 0.6) is 5.75 Å². The summed E-state index contributed by atoms with van der Waals surface area (Å²) in [5.41, 5.74) is 10.3. The van der Waals surface area contributed by atoms with E-state index < -0.39 is 0 Å². The molecule has 7 nitrogen and oxygen atoms in total. The highest BCUT2D eigenvalue weighted by Crippen LogP contribution is 2.39. The Balaban J connectivity index is 1.43. The molecule has 2 N–H and O–H groups in total. The molecule has 0 spiro atoms. The molecule has 3 heterocycles. The second-order valence-electron chi connectivity index (χ2n) is 8.60. The Morgan fingerprint density at radius 2 is 1.87 bits per heavy atom. The first kappa shape index (κ1) is 22.3. The van der Waals surface area contributed by atoms with Gasteiger partial charge in [0.05, 0.1) is 19.0 Å². The Bertz CT molecular complexity index is 856. The number of thioether (sulfide) groups is 1. The third kappa shape index (κ3) is 5.13. The average Bonchev–Trinajstić information content (AvgIpc) is 3.24. The zero-order valence-electron chi connectivity index (χ0n) is 19.1. The average molecular weight is 445 g/mol. The van der Waals surface area contributed by atoms with Crippen LogP contribution < -0.4 is 15.4 Å². The highest BCUT2D eigenvalue weighted by Gasteiger charge is 2.28. The van der Waals surface area contributed by atoms with E-state index in [1.807, 2.05) is 42.0 Å². The Morgan fingerprint density at radius 1 is 1.13 bits per heavy atom. The molecule has 1 aromatic heterocycles. The van der Waals surface area contributed by atoms with E-state index in [0.717, 1.165) is 30.0 Å². The number of rotatable bonds is 7. The van der Waals surface area contributed by atoms with Crippen molar-refractivity contribution in [1.29, 1.82) is 0 Å². The van der Waals surface area contributed by atoms with Crippen molar-refractivity contribution in [3.63, 3.8) is 0 Å². The van der Waals surface area contributed by atoms with Crippen molar-refractivity contribution in [3.05, 3.63) is 24.5 Å². The normalized spacial score (nSPS) is 19.1. The maximum absolute atomic E-state index is 6.25. The molecule has 8 heteroatoms. The summed E-state index contributed by atoms with van der Waals surface area (Å²) in [7, 11) is 3.63. The molecule has 0 bridgehead atoms. The van der Waals surface area contributed by atoms with Gasteiger partial charge in [0.2, 0.25) is 0 Å². The zero-order valence-corrected chi connectivity index (χ0v) is 19.9. The van der Waals surface area contributed by atoms with Crippen LogP contribution in [0.4, 0.5) is 11.4 Å². The van der Waals surface area contributed by atoms with Gasteiger partial charge in [-0.3, -0.25) is 14.5 Å². The number of nitrogen functional groups attached to an aromatic ring is 1. The SMILES string of the molecule is COc1cc(N2CCC(N3CCN(CCSC)CC3)CC2)c(-c2cnn(C)c2)cc1N. The number of hydrogen-bond acceptors (Lipinski definition) is 7. The molecule has 2 aromatic rings. The van der Waals surface area contributed by atoms with E-state index >= 15 is 0 Å². The largest absolute Gasteiger partial charge is 0.495 e. The third-order valence-electron chi connectivity index (χ3n) is 6.70. The number of nitrogens with zero attached hydrogens (tertiary/aromatic N) is 5. The van der Waals surface area contributed by atoms with Gasteiger partial charge in [-0.25, -0.2) is 0 Å². The van der Waals surface area contributed by atoms with Crippen LogP contribution >= 0.6 is 11.8 Å². The lowest BCUT2D eigenvalue weighted by Gasteiger charge is -2.43. The van der Waals surface area contributed by atoms with E-state index in [4.69, 9.17) is 10.5 Å². The molecule has 0 aliphatic carbocycles. The summed E-state index contributed by atoms with van der Waals surface area (Å²) in [5, 5.41) is 4.36. The second kappa shape index (κ2) is 10.1. The monoisotopic (exact) mass is 444 g/mol. The Hall–Kier alpha value is -1.90. The molecule has 0 atom stereocenters. The summed E-state index contributed by atoms with van der Waals surface area (Å²) in [6, 6.07) is 4.82. The van der Waals surface area contributed by atoms with Gasteiger partial charge in [-0.2, -0.15) is 16.9 Å². The number of nitrogens with two attached hydrogens (primary N) is 1. The Kier molecular flexibility index (Phi) is 7.30. The number of piperidine rings is 1. The van der Waals surface area contributed by atoms with E-state index in [-0.39, 0.29) is 0 Å². The van der Waals surface area contributed by atoms with Gasteiger partial charge in [-0.05, 0) is 25.2 Å². The topological polar surface area (TPSA) is 62.8 Å². The van der Waals surface area contributed by atoms with Gasteiger partial charge < -0.3 is 15.4 Å². The first-order valence-electron chi connectivity index (χ1n) is 11.3. The zero-order chi connectivity index (χ0) is 21.8. The smallest absolute Gasteiger partial charge is 0.143 e. The van der Waals surface area contributed by atoms with E-state index in [9.17, 15) is 0 Å².